The van der Waals surface area contributed by atoms with Crippen LogP contribution in [0.1, 0.15) is 17.9 Å². The third kappa shape index (κ3) is 3.54. The molecule has 0 spiro atoms. The smallest absolute Gasteiger partial charge is 0.0622 e. The van der Waals surface area contributed by atoms with Gasteiger partial charge in [0.2, 0.25) is 0 Å². The first-order valence-corrected chi connectivity index (χ1v) is 7.32. The van der Waals surface area contributed by atoms with E-state index in [1.165, 1.54) is 12.0 Å². The second-order valence-corrected chi connectivity index (χ2v) is 5.37. The predicted octanol–water partition coefficient (Wildman–Crippen LogP) is 2.89. The van der Waals surface area contributed by atoms with Gasteiger partial charge in [0.1, 0.15) is 0 Å². The zero-order valence-corrected chi connectivity index (χ0v) is 11.9. The second-order valence-electron chi connectivity index (χ2n) is 4.72. The Labute approximate surface area is 112 Å². The summed E-state index contributed by atoms with van der Waals surface area (Å²) in [6.07, 6.45) is 1.17. The minimum Gasteiger partial charge on any atom is -0.380 e. The summed E-state index contributed by atoms with van der Waals surface area (Å²) in [5.74, 6) is 0.557. The van der Waals surface area contributed by atoms with Crippen LogP contribution in [0.2, 0.25) is 0 Å². The van der Waals surface area contributed by atoms with Crippen molar-refractivity contribution in [3.8, 4) is 0 Å². The molecule has 1 aromatic carbocycles. The van der Waals surface area contributed by atoms with Crippen LogP contribution in [0.3, 0.4) is 0 Å². The van der Waals surface area contributed by atoms with E-state index in [2.05, 4.69) is 58.2 Å². The Morgan fingerprint density at radius 1 is 1.41 bits per heavy atom. The van der Waals surface area contributed by atoms with E-state index in [4.69, 9.17) is 4.74 Å². The standard InChI is InChI=1S/C14H20BrNO/c1-16(14-7-8-17-11-14)10-13(9-15)12-5-3-2-4-6-12/h2-6,13-14H,7-11H2,1H3. The van der Waals surface area contributed by atoms with E-state index in [0.717, 1.165) is 25.1 Å². The lowest BCUT2D eigenvalue weighted by Crippen LogP contribution is -2.35. The molecule has 0 amide bonds. The molecule has 0 aliphatic carbocycles. The fourth-order valence-corrected chi connectivity index (χ4v) is 2.91. The summed E-state index contributed by atoms with van der Waals surface area (Å²) < 4.78 is 5.45. The predicted molar refractivity (Wildman–Crippen MR) is 74.8 cm³/mol. The highest BCUT2D eigenvalue weighted by Gasteiger charge is 2.22. The van der Waals surface area contributed by atoms with Gasteiger partial charge < -0.3 is 9.64 Å². The summed E-state index contributed by atoms with van der Waals surface area (Å²) >= 11 is 3.63. The topological polar surface area (TPSA) is 12.5 Å². The molecule has 1 aliphatic heterocycles. The van der Waals surface area contributed by atoms with Crippen molar-refractivity contribution in [2.24, 2.45) is 0 Å². The van der Waals surface area contributed by atoms with Gasteiger partial charge in [0.25, 0.3) is 0 Å². The zero-order valence-electron chi connectivity index (χ0n) is 10.3. The Bertz CT molecular complexity index is 324. The van der Waals surface area contributed by atoms with Gasteiger partial charge in [-0.15, -0.1) is 0 Å². The van der Waals surface area contributed by atoms with Crippen molar-refractivity contribution < 1.29 is 4.74 Å². The van der Waals surface area contributed by atoms with E-state index < -0.39 is 0 Å². The quantitative estimate of drug-likeness (QED) is 0.775. The second kappa shape index (κ2) is 6.53. The fraction of sp³-hybridized carbons (Fsp3) is 0.571. The van der Waals surface area contributed by atoms with Crippen molar-refractivity contribution in [3.05, 3.63) is 35.9 Å². The Balaban J connectivity index is 1.95. The number of nitrogens with zero attached hydrogens (tertiary/aromatic N) is 1. The number of likely N-dealkylation sites (N-methyl/N-ethyl adjacent to an activating group) is 1. The summed E-state index contributed by atoms with van der Waals surface area (Å²) in [4.78, 5) is 2.44. The van der Waals surface area contributed by atoms with Crippen LogP contribution < -0.4 is 0 Å². The number of halogens is 1. The molecule has 1 aromatic rings. The van der Waals surface area contributed by atoms with Crippen LogP contribution in [0, 0.1) is 0 Å². The molecule has 94 valence electrons. The maximum atomic E-state index is 5.45. The summed E-state index contributed by atoms with van der Waals surface area (Å²) in [7, 11) is 2.21. The van der Waals surface area contributed by atoms with E-state index in [-0.39, 0.29) is 0 Å². The number of alkyl halides is 1. The van der Waals surface area contributed by atoms with Crippen molar-refractivity contribution in [2.75, 3.05) is 32.1 Å². The number of benzene rings is 1. The van der Waals surface area contributed by atoms with Gasteiger partial charge in [-0.3, -0.25) is 0 Å². The minimum atomic E-state index is 0.557. The van der Waals surface area contributed by atoms with Crippen LogP contribution in [0.15, 0.2) is 30.3 Å². The highest BCUT2D eigenvalue weighted by atomic mass is 79.9. The monoisotopic (exact) mass is 297 g/mol. The van der Waals surface area contributed by atoms with Crippen molar-refractivity contribution in [1.29, 1.82) is 0 Å². The molecule has 2 nitrogen and oxygen atoms in total. The molecule has 1 fully saturated rings. The van der Waals surface area contributed by atoms with Gasteiger partial charge in [0, 0.05) is 30.4 Å². The first-order valence-electron chi connectivity index (χ1n) is 6.20. The Morgan fingerprint density at radius 3 is 2.76 bits per heavy atom. The number of hydrogen-bond donors (Lipinski definition) is 0. The molecule has 0 radical (unpaired) electrons. The molecule has 1 saturated heterocycles. The van der Waals surface area contributed by atoms with E-state index >= 15 is 0 Å². The van der Waals surface area contributed by atoms with Gasteiger partial charge in [0.15, 0.2) is 0 Å². The summed E-state index contributed by atoms with van der Waals surface area (Å²) in [6, 6.07) is 11.3. The average Bonchev–Trinajstić information content (AvgIpc) is 2.90. The van der Waals surface area contributed by atoms with Crippen LogP contribution in [-0.4, -0.2) is 43.1 Å². The molecule has 0 N–H and O–H groups in total. The molecular formula is C14H20BrNO. The van der Waals surface area contributed by atoms with E-state index in [1.54, 1.807) is 0 Å². The van der Waals surface area contributed by atoms with E-state index in [9.17, 15) is 0 Å². The lowest BCUT2D eigenvalue weighted by atomic mass is 10.00. The first-order chi connectivity index (χ1) is 8.31. The largest absolute Gasteiger partial charge is 0.380 e. The third-order valence-electron chi connectivity index (χ3n) is 3.49. The van der Waals surface area contributed by atoms with Gasteiger partial charge in [-0.05, 0) is 19.0 Å². The van der Waals surface area contributed by atoms with Crippen LogP contribution in [0.25, 0.3) is 0 Å². The summed E-state index contributed by atoms with van der Waals surface area (Å²) in [5.41, 5.74) is 1.41. The van der Waals surface area contributed by atoms with Crippen molar-refractivity contribution in [3.63, 3.8) is 0 Å². The van der Waals surface area contributed by atoms with Gasteiger partial charge in [-0.2, -0.15) is 0 Å². The lowest BCUT2D eigenvalue weighted by Gasteiger charge is -2.27. The number of hydrogen-bond acceptors (Lipinski definition) is 2. The highest BCUT2D eigenvalue weighted by molar-refractivity contribution is 9.09. The lowest BCUT2D eigenvalue weighted by molar-refractivity contribution is 0.157. The van der Waals surface area contributed by atoms with E-state index in [0.29, 0.717) is 12.0 Å². The Morgan fingerprint density at radius 2 is 2.18 bits per heavy atom. The number of rotatable bonds is 5. The molecule has 17 heavy (non-hydrogen) atoms. The van der Waals surface area contributed by atoms with E-state index in [1.807, 2.05) is 0 Å². The fourth-order valence-electron chi connectivity index (χ4n) is 2.33. The van der Waals surface area contributed by atoms with Crippen LogP contribution in [0.4, 0.5) is 0 Å². The van der Waals surface area contributed by atoms with Gasteiger partial charge >= 0.3 is 0 Å². The van der Waals surface area contributed by atoms with Crippen molar-refractivity contribution in [1.82, 2.24) is 4.90 Å². The van der Waals surface area contributed by atoms with Gasteiger partial charge in [-0.25, -0.2) is 0 Å². The molecule has 1 aliphatic rings. The maximum absolute atomic E-state index is 5.45. The Hall–Kier alpha value is -0.380. The third-order valence-corrected chi connectivity index (χ3v) is 4.28. The minimum absolute atomic E-state index is 0.557. The highest BCUT2D eigenvalue weighted by Crippen LogP contribution is 2.21. The molecule has 3 heteroatoms. The van der Waals surface area contributed by atoms with Crippen LogP contribution in [0.5, 0.6) is 0 Å². The maximum Gasteiger partial charge on any atom is 0.0622 e. The Kier molecular flexibility index (Phi) is 5.01. The van der Waals surface area contributed by atoms with Gasteiger partial charge in [0.05, 0.1) is 6.61 Å². The normalized spacial score (nSPS) is 21.9. The summed E-state index contributed by atoms with van der Waals surface area (Å²) in [5, 5.41) is 1.01. The number of ether oxygens (including phenoxy) is 1. The summed E-state index contributed by atoms with van der Waals surface area (Å²) in [6.45, 7) is 2.89. The molecule has 2 rings (SSSR count). The molecular weight excluding hydrogens is 278 g/mol. The molecule has 2 atom stereocenters. The average molecular weight is 298 g/mol. The molecule has 2 unspecified atom stereocenters. The van der Waals surface area contributed by atoms with Crippen molar-refractivity contribution >= 4 is 15.9 Å². The van der Waals surface area contributed by atoms with Gasteiger partial charge in [-0.1, -0.05) is 46.3 Å². The van der Waals surface area contributed by atoms with Crippen molar-refractivity contribution in [2.45, 2.75) is 18.4 Å². The molecule has 0 aromatic heterocycles. The molecule has 0 bridgehead atoms. The zero-order chi connectivity index (χ0) is 12.1. The van der Waals surface area contributed by atoms with Crippen LogP contribution in [-0.2, 0) is 4.74 Å². The first kappa shape index (κ1) is 13.1. The SMILES string of the molecule is CN(CC(CBr)c1ccccc1)C1CCOC1. The molecule has 0 saturated carbocycles. The van der Waals surface area contributed by atoms with Crippen LogP contribution >= 0.6 is 15.9 Å². The molecule has 1 heterocycles.